The summed E-state index contributed by atoms with van der Waals surface area (Å²) < 4.78 is 10.5. The molecule has 0 aromatic heterocycles. The summed E-state index contributed by atoms with van der Waals surface area (Å²) in [6.07, 6.45) is 19.2. The molecule has 0 aliphatic rings. The Morgan fingerprint density at radius 1 is 0.923 bits per heavy atom. The van der Waals surface area contributed by atoms with E-state index in [4.69, 9.17) is 9.47 Å². The van der Waals surface area contributed by atoms with E-state index < -0.39 is 7.26 Å². The lowest BCUT2D eigenvalue weighted by Gasteiger charge is -2.29. The molecule has 0 heterocycles. The van der Waals surface area contributed by atoms with Crippen molar-refractivity contribution >= 4 is 7.26 Å². The van der Waals surface area contributed by atoms with E-state index >= 15 is 0 Å². The van der Waals surface area contributed by atoms with Gasteiger partial charge in [0.1, 0.15) is 6.79 Å². The molecule has 0 spiro atoms. The summed E-state index contributed by atoms with van der Waals surface area (Å²) in [5, 5.41) is 0. The fourth-order valence-electron chi connectivity index (χ4n) is 3.66. The van der Waals surface area contributed by atoms with Crippen LogP contribution in [0.5, 0.6) is 0 Å². The van der Waals surface area contributed by atoms with E-state index in [0.29, 0.717) is 12.7 Å². The largest absolute Gasteiger partial charge is 0.359 e. The molecule has 1 atom stereocenters. The highest BCUT2D eigenvalue weighted by atomic mass is 31.2. The van der Waals surface area contributed by atoms with Gasteiger partial charge in [0.2, 0.25) is 0 Å². The van der Waals surface area contributed by atoms with Crippen molar-refractivity contribution in [2.24, 2.45) is 5.92 Å². The van der Waals surface area contributed by atoms with Gasteiger partial charge < -0.3 is 9.47 Å². The van der Waals surface area contributed by atoms with Gasteiger partial charge in [-0.2, -0.15) is 0 Å². The lowest BCUT2D eigenvalue weighted by Crippen LogP contribution is -2.14. The molecule has 0 radical (unpaired) electrons. The average molecular weight is 388 g/mol. The lowest BCUT2D eigenvalue weighted by molar-refractivity contribution is -0.0329. The Balaban J connectivity index is 5.02. The monoisotopic (exact) mass is 387 g/mol. The molecular formula is C23H48O2P+. The maximum Gasteiger partial charge on any atom is 0.146 e. The topological polar surface area (TPSA) is 18.5 Å². The van der Waals surface area contributed by atoms with E-state index in [9.17, 15) is 0 Å². The number of rotatable bonds is 18. The molecule has 0 amide bonds. The molecular weight excluding hydrogens is 339 g/mol. The molecule has 0 rings (SSSR count). The van der Waals surface area contributed by atoms with Crippen molar-refractivity contribution in [3.8, 4) is 0 Å². The summed E-state index contributed by atoms with van der Waals surface area (Å²) in [5.74, 6) is 0.604. The SMILES string of the molecule is CCCC[P+](CCCC)(CCCC)C/C(=C/[C@H](C)CCOCOC)CC. The van der Waals surface area contributed by atoms with Crippen LogP contribution in [-0.4, -0.2) is 45.2 Å². The van der Waals surface area contributed by atoms with E-state index in [1.54, 1.807) is 12.7 Å². The molecule has 26 heavy (non-hydrogen) atoms. The van der Waals surface area contributed by atoms with Crippen molar-refractivity contribution in [3.05, 3.63) is 11.6 Å². The minimum Gasteiger partial charge on any atom is -0.359 e. The molecule has 2 nitrogen and oxygen atoms in total. The van der Waals surface area contributed by atoms with E-state index in [2.05, 4.69) is 40.7 Å². The molecule has 0 aliphatic carbocycles. The Hall–Kier alpha value is 0.0900. The Labute approximate surface area is 165 Å². The first-order valence-corrected chi connectivity index (χ1v) is 13.7. The third-order valence-corrected chi connectivity index (χ3v) is 10.3. The molecule has 0 N–H and O–H groups in total. The van der Waals surface area contributed by atoms with Gasteiger partial charge in [0, 0.05) is 21.0 Å². The molecule has 0 saturated heterocycles. The maximum absolute atomic E-state index is 5.48. The molecule has 0 aromatic carbocycles. The standard InChI is InChI=1S/C23H48O2P/c1-7-11-16-26(17-12-8-2,18-13-9-3)20-23(10-4)19-22(5)14-15-25-21-24-6/h19,22H,7-18,20-21H2,1-6H3/q+1/b23-19+/t22-/m1/s1. The molecule has 156 valence electrons. The Kier molecular flexibility index (Phi) is 17.3. The molecule has 3 heteroatoms. The van der Waals surface area contributed by atoms with Crippen molar-refractivity contribution in [3.63, 3.8) is 0 Å². The van der Waals surface area contributed by atoms with E-state index in [1.165, 1.54) is 69.6 Å². The minimum atomic E-state index is -0.831. The fraction of sp³-hybridized carbons (Fsp3) is 0.913. The normalized spacial score (nSPS) is 14.0. The van der Waals surface area contributed by atoms with Crippen LogP contribution in [0.4, 0.5) is 0 Å². The smallest absolute Gasteiger partial charge is 0.146 e. The van der Waals surface area contributed by atoms with Gasteiger partial charge in [-0.1, -0.05) is 60.0 Å². The fourth-order valence-corrected chi connectivity index (χ4v) is 8.96. The lowest BCUT2D eigenvalue weighted by atomic mass is 10.0. The van der Waals surface area contributed by atoms with Crippen LogP contribution in [0, 0.1) is 5.92 Å². The van der Waals surface area contributed by atoms with E-state index in [0.717, 1.165) is 13.0 Å². The van der Waals surface area contributed by atoms with Gasteiger partial charge in [-0.15, -0.1) is 0 Å². The van der Waals surface area contributed by atoms with Gasteiger partial charge in [-0.05, 0) is 43.6 Å². The van der Waals surface area contributed by atoms with Crippen molar-refractivity contribution in [1.82, 2.24) is 0 Å². The van der Waals surface area contributed by atoms with E-state index in [-0.39, 0.29) is 0 Å². The summed E-state index contributed by atoms with van der Waals surface area (Å²) in [4.78, 5) is 0. The number of methoxy groups -OCH3 is 1. The van der Waals surface area contributed by atoms with Crippen LogP contribution in [0.15, 0.2) is 11.6 Å². The third kappa shape index (κ3) is 12.5. The molecule has 0 fully saturated rings. The number of hydrogen-bond donors (Lipinski definition) is 0. The predicted octanol–water partition coefficient (Wildman–Crippen LogP) is 7.39. The Bertz CT molecular complexity index is 319. The first-order valence-electron chi connectivity index (χ1n) is 11.2. The van der Waals surface area contributed by atoms with Crippen LogP contribution in [0.3, 0.4) is 0 Å². The quantitative estimate of drug-likeness (QED) is 0.106. The molecule has 0 aliphatic heterocycles. The summed E-state index contributed by atoms with van der Waals surface area (Å²) in [5.41, 5.74) is 1.72. The average Bonchev–Trinajstić information content (AvgIpc) is 2.65. The van der Waals surface area contributed by atoms with Crippen LogP contribution in [0.1, 0.15) is 86.0 Å². The van der Waals surface area contributed by atoms with Gasteiger partial charge >= 0.3 is 0 Å². The summed E-state index contributed by atoms with van der Waals surface area (Å²) in [7, 11) is 0.855. The third-order valence-electron chi connectivity index (χ3n) is 5.39. The zero-order chi connectivity index (χ0) is 19.7. The predicted molar refractivity (Wildman–Crippen MR) is 121 cm³/mol. The van der Waals surface area contributed by atoms with Crippen LogP contribution in [0.2, 0.25) is 0 Å². The summed E-state index contributed by atoms with van der Waals surface area (Å²) in [6, 6.07) is 0. The van der Waals surface area contributed by atoms with Gasteiger partial charge in [0.15, 0.2) is 0 Å². The van der Waals surface area contributed by atoms with Crippen LogP contribution < -0.4 is 0 Å². The molecule has 0 saturated carbocycles. The van der Waals surface area contributed by atoms with E-state index in [1.807, 2.05) is 0 Å². The summed E-state index contributed by atoms with van der Waals surface area (Å²) in [6.45, 7) is 13.0. The summed E-state index contributed by atoms with van der Waals surface area (Å²) >= 11 is 0. The van der Waals surface area contributed by atoms with Crippen LogP contribution >= 0.6 is 7.26 Å². The highest BCUT2D eigenvalue weighted by Gasteiger charge is 2.36. The van der Waals surface area contributed by atoms with Crippen LogP contribution in [-0.2, 0) is 9.47 Å². The van der Waals surface area contributed by atoms with Crippen molar-refractivity contribution in [2.45, 2.75) is 86.0 Å². The highest BCUT2D eigenvalue weighted by Crippen LogP contribution is 2.62. The minimum absolute atomic E-state index is 0.413. The first kappa shape index (κ1) is 26.1. The molecule has 0 unspecified atom stereocenters. The van der Waals surface area contributed by atoms with Gasteiger partial charge in [-0.25, -0.2) is 0 Å². The second-order valence-corrected chi connectivity index (χ2v) is 12.3. The van der Waals surface area contributed by atoms with Crippen molar-refractivity contribution in [1.29, 1.82) is 0 Å². The van der Waals surface area contributed by atoms with Gasteiger partial charge in [0.05, 0.1) is 24.6 Å². The van der Waals surface area contributed by atoms with Crippen molar-refractivity contribution in [2.75, 3.05) is 45.2 Å². The van der Waals surface area contributed by atoms with Gasteiger partial charge in [-0.3, -0.25) is 0 Å². The number of allylic oxidation sites excluding steroid dienone is 2. The zero-order valence-electron chi connectivity index (χ0n) is 18.8. The second-order valence-electron chi connectivity index (χ2n) is 7.99. The van der Waals surface area contributed by atoms with Crippen molar-refractivity contribution < 1.29 is 9.47 Å². The Morgan fingerprint density at radius 3 is 1.88 bits per heavy atom. The number of hydrogen-bond acceptors (Lipinski definition) is 2. The highest BCUT2D eigenvalue weighted by molar-refractivity contribution is 7.76. The first-order chi connectivity index (χ1) is 12.6. The molecule has 0 bridgehead atoms. The van der Waals surface area contributed by atoms with Crippen LogP contribution in [0.25, 0.3) is 0 Å². The number of ether oxygens (including phenoxy) is 2. The second kappa shape index (κ2) is 17.2. The molecule has 0 aromatic rings. The Morgan fingerprint density at radius 2 is 1.46 bits per heavy atom. The maximum atomic E-state index is 5.48. The number of unbranched alkanes of at least 4 members (excludes halogenated alkanes) is 3. The van der Waals surface area contributed by atoms with Gasteiger partial charge in [0.25, 0.3) is 0 Å². The zero-order valence-corrected chi connectivity index (χ0v) is 19.7.